The highest BCUT2D eigenvalue weighted by Crippen LogP contribution is 2.28. The van der Waals surface area contributed by atoms with Crippen LogP contribution in [0.4, 0.5) is 4.79 Å². The molecule has 0 aromatic rings. The minimum absolute atomic E-state index is 0.176. The fourth-order valence-electron chi connectivity index (χ4n) is 1.82. The van der Waals surface area contributed by atoms with Crippen molar-refractivity contribution in [3.8, 4) is 0 Å². The van der Waals surface area contributed by atoms with Crippen molar-refractivity contribution < 1.29 is 14.3 Å². The van der Waals surface area contributed by atoms with Crippen molar-refractivity contribution in [2.24, 2.45) is 23.3 Å². The highest BCUT2D eigenvalue weighted by Gasteiger charge is 2.27. The molecule has 4 N–H and O–H groups in total. The number of hydrogen-bond acceptors (Lipinski definition) is 4. The second kappa shape index (κ2) is 4.95. The molecule has 1 fully saturated rings. The van der Waals surface area contributed by atoms with Crippen LogP contribution >= 0.6 is 0 Å². The van der Waals surface area contributed by atoms with Gasteiger partial charge in [0.05, 0.1) is 5.92 Å². The summed E-state index contributed by atoms with van der Waals surface area (Å²) >= 11 is 0. The molecular weight excluding hydrogens is 184 g/mol. The van der Waals surface area contributed by atoms with Crippen LogP contribution in [0.5, 0.6) is 0 Å². The Hall–Kier alpha value is -1.10. The van der Waals surface area contributed by atoms with Crippen LogP contribution in [-0.4, -0.2) is 18.6 Å². The van der Waals surface area contributed by atoms with Crippen LogP contribution in [-0.2, 0) is 9.53 Å². The lowest BCUT2D eigenvalue weighted by Crippen LogP contribution is -2.29. The third kappa shape index (κ3) is 2.99. The van der Waals surface area contributed by atoms with E-state index in [1.165, 1.54) is 0 Å². The maximum Gasteiger partial charge on any atom is 0.412 e. The fraction of sp³-hybridized carbons (Fsp3) is 0.778. The van der Waals surface area contributed by atoms with E-state index < -0.39 is 12.1 Å². The van der Waals surface area contributed by atoms with Crippen molar-refractivity contribution in [2.75, 3.05) is 6.54 Å². The Morgan fingerprint density at radius 3 is 2.21 bits per heavy atom. The summed E-state index contributed by atoms with van der Waals surface area (Å²) < 4.78 is 4.33. The summed E-state index contributed by atoms with van der Waals surface area (Å²) in [4.78, 5) is 21.6. The SMILES string of the molecule is NCC1CCC(C(=O)OC(N)=O)CC1. The smallest absolute Gasteiger partial charge is 0.376 e. The molecule has 0 radical (unpaired) electrons. The molecule has 0 atom stereocenters. The molecule has 0 heterocycles. The first kappa shape index (κ1) is 11.0. The summed E-state index contributed by atoms with van der Waals surface area (Å²) in [6.07, 6.45) is 2.32. The summed E-state index contributed by atoms with van der Waals surface area (Å²) in [6.45, 7) is 0.664. The van der Waals surface area contributed by atoms with Gasteiger partial charge in [0.15, 0.2) is 0 Å². The topological polar surface area (TPSA) is 95.4 Å². The van der Waals surface area contributed by atoms with Crippen LogP contribution in [0.2, 0.25) is 0 Å². The molecule has 0 unspecified atom stereocenters. The van der Waals surface area contributed by atoms with Gasteiger partial charge < -0.3 is 16.2 Å². The second-order valence-electron chi connectivity index (χ2n) is 3.69. The molecule has 0 aromatic carbocycles. The van der Waals surface area contributed by atoms with E-state index >= 15 is 0 Å². The van der Waals surface area contributed by atoms with Crippen molar-refractivity contribution in [3.63, 3.8) is 0 Å². The standard InChI is InChI=1S/C9H16N2O3/c10-5-6-1-3-7(4-2-6)8(12)14-9(11)13/h6-7H,1-5,10H2,(H2,11,13). The first-order valence-electron chi connectivity index (χ1n) is 4.84. The highest BCUT2D eigenvalue weighted by molar-refractivity contribution is 5.85. The highest BCUT2D eigenvalue weighted by atomic mass is 16.6. The molecule has 0 bridgehead atoms. The predicted molar refractivity (Wildman–Crippen MR) is 50.2 cm³/mol. The van der Waals surface area contributed by atoms with Gasteiger partial charge in [-0.3, -0.25) is 4.79 Å². The van der Waals surface area contributed by atoms with Gasteiger partial charge in [0.1, 0.15) is 0 Å². The summed E-state index contributed by atoms with van der Waals surface area (Å²) in [5.74, 6) is -0.161. The van der Waals surface area contributed by atoms with Gasteiger partial charge in [-0.1, -0.05) is 0 Å². The minimum atomic E-state index is -1.02. The number of rotatable bonds is 2. The van der Waals surface area contributed by atoms with Gasteiger partial charge in [-0.25, -0.2) is 4.79 Å². The molecule has 5 heteroatoms. The number of amides is 1. The molecule has 1 rings (SSSR count). The number of nitrogens with two attached hydrogens (primary N) is 2. The Bertz CT molecular complexity index is 222. The zero-order chi connectivity index (χ0) is 10.6. The number of carbonyl (C=O) groups excluding carboxylic acids is 2. The quantitative estimate of drug-likeness (QED) is 0.497. The average molecular weight is 200 g/mol. The monoisotopic (exact) mass is 200 g/mol. The van der Waals surface area contributed by atoms with Gasteiger partial charge in [-0.2, -0.15) is 0 Å². The molecule has 0 saturated heterocycles. The Morgan fingerprint density at radius 1 is 1.21 bits per heavy atom. The lowest BCUT2D eigenvalue weighted by atomic mass is 9.82. The van der Waals surface area contributed by atoms with Crippen molar-refractivity contribution in [3.05, 3.63) is 0 Å². The van der Waals surface area contributed by atoms with Crippen LogP contribution < -0.4 is 11.5 Å². The summed E-state index contributed by atoms with van der Waals surface area (Å²) in [7, 11) is 0. The van der Waals surface area contributed by atoms with Crippen molar-refractivity contribution in [1.29, 1.82) is 0 Å². The molecule has 1 aliphatic carbocycles. The third-order valence-electron chi connectivity index (χ3n) is 2.71. The van der Waals surface area contributed by atoms with Crippen LogP contribution in [0.1, 0.15) is 25.7 Å². The van der Waals surface area contributed by atoms with Crippen LogP contribution in [0.15, 0.2) is 0 Å². The number of carbonyl (C=O) groups is 2. The average Bonchev–Trinajstić information content (AvgIpc) is 2.17. The normalized spacial score (nSPS) is 26.9. The minimum Gasteiger partial charge on any atom is -0.376 e. The Labute approximate surface area is 82.8 Å². The van der Waals surface area contributed by atoms with Gasteiger partial charge in [0.25, 0.3) is 0 Å². The lowest BCUT2D eigenvalue weighted by Gasteiger charge is -2.25. The van der Waals surface area contributed by atoms with Crippen LogP contribution in [0, 0.1) is 11.8 Å². The molecule has 1 saturated carbocycles. The Morgan fingerprint density at radius 2 is 1.79 bits per heavy atom. The van der Waals surface area contributed by atoms with E-state index in [9.17, 15) is 9.59 Å². The maximum atomic E-state index is 11.2. The van der Waals surface area contributed by atoms with E-state index in [1.807, 2.05) is 0 Å². The van der Waals surface area contributed by atoms with E-state index in [4.69, 9.17) is 11.5 Å². The second-order valence-corrected chi connectivity index (χ2v) is 3.69. The van der Waals surface area contributed by atoms with E-state index in [-0.39, 0.29) is 5.92 Å². The lowest BCUT2D eigenvalue weighted by molar-refractivity contribution is -0.143. The zero-order valence-corrected chi connectivity index (χ0v) is 8.07. The van der Waals surface area contributed by atoms with E-state index in [0.29, 0.717) is 12.5 Å². The zero-order valence-electron chi connectivity index (χ0n) is 8.07. The number of primary amides is 1. The first-order valence-corrected chi connectivity index (χ1v) is 4.84. The van der Waals surface area contributed by atoms with Crippen molar-refractivity contribution >= 4 is 12.1 Å². The molecule has 0 aromatic heterocycles. The molecule has 14 heavy (non-hydrogen) atoms. The van der Waals surface area contributed by atoms with Gasteiger partial charge in [-0.15, -0.1) is 0 Å². The summed E-state index contributed by atoms with van der Waals surface area (Å²) in [6, 6.07) is 0. The van der Waals surface area contributed by atoms with E-state index in [2.05, 4.69) is 4.74 Å². The fourth-order valence-corrected chi connectivity index (χ4v) is 1.82. The Kier molecular flexibility index (Phi) is 3.88. The number of hydrogen-bond donors (Lipinski definition) is 2. The van der Waals surface area contributed by atoms with Crippen molar-refractivity contribution in [1.82, 2.24) is 0 Å². The van der Waals surface area contributed by atoms with Crippen molar-refractivity contribution in [2.45, 2.75) is 25.7 Å². The van der Waals surface area contributed by atoms with Gasteiger partial charge >= 0.3 is 12.1 Å². The molecule has 1 amide bonds. The van der Waals surface area contributed by atoms with Crippen LogP contribution in [0.3, 0.4) is 0 Å². The number of esters is 1. The molecular formula is C9H16N2O3. The third-order valence-corrected chi connectivity index (χ3v) is 2.71. The maximum absolute atomic E-state index is 11.2. The summed E-state index contributed by atoms with van der Waals surface area (Å²) in [5, 5.41) is 0. The van der Waals surface area contributed by atoms with Gasteiger partial charge in [0, 0.05) is 0 Å². The Balaban J connectivity index is 2.34. The van der Waals surface area contributed by atoms with Gasteiger partial charge in [0.2, 0.25) is 0 Å². The molecule has 0 aliphatic heterocycles. The van der Waals surface area contributed by atoms with E-state index in [1.54, 1.807) is 0 Å². The van der Waals surface area contributed by atoms with E-state index in [0.717, 1.165) is 25.7 Å². The molecule has 80 valence electrons. The first-order chi connectivity index (χ1) is 6.63. The molecule has 0 spiro atoms. The summed E-state index contributed by atoms with van der Waals surface area (Å²) in [5.41, 5.74) is 10.3. The van der Waals surface area contributed by atoms with Crippen LogP contribution in [0.25, 0.3) is 0 Å². The van der Waals surface area contributed by atoms with Gasteiger partial charge in [-0.05, 0) is 38.1 Å². The predicted octanol–water partition coefficient (Wildman–Crippen LogP) is 0.373. The largest absolute Gasteiger partial charge is 0.412 e. The number of ether oxygens (including phenoxy) is 1. The molecule has 5 nitrogen and oxygen atoms in total. The molecule has 1 aliphatic rings.